The summed E-state index contributed by atoms with van der Waals surface area (Å²) in [5, 5.41) is 0. The highest BCUT2D eigenvalue weighted by Gasteiger charge is 2.19. The Labute approximate surface area is 81.7 Å². The molecule has 0 unspecified atom stereocenters. The summed E-state index contributed by atoms with van der Waals surface area (Å²) in [4.78, 5) is 11.4. The molecule has 0 aromatic rings. The third kappa shape index (κ3) is 6.62. The summed E-state index contributed by atoms with van der Waals surface area (Å²) in [6, 6.07) is 0. The third-order valence-electron chi connectivity index (χ3n) is 1.93. The molecule has 0 bridgehead atoms. The molecule has 0 aromatic carbocycles. The average Bonchev–Trinajstić information content (AvgIpc) is 1.81. The van der Waals surface area contributed by atoms with E-state index in [1.54, 1.807) is 0 Å². The zero-order valence-electron chi connectivity index (χ0n) is 9.68. The van der Waals surface area contributed by atoms with Crippen molar-refractivity contribution in [2.45, 2.75) is 54.1 Å². The lowest BCUT2D eigenvalue weighted by Gasteiger charge is -2.21. The van der Waals surface area contributed by atoms with E-state index in [4.69, 9.17) is 4.74 Å². The van der Waals surface area contributed by atoms with E-state index < -0.39 is 0 Å². The highest BCUT2D eigenvalue weighted by atomic mass is 16.5. The number of hydrogen-bond acceptors (Lipinski definition) is 2. The minimum absolute atomic E-state index is 0.0216. The van der Waals surface area contributed by atoms with Crippen LogP contribution in [0.25, 0.3) is 0 Å². The van der Waals surface area contributed by atoms with Crippen molar-refractivity contribution in [2.24, 2.45) is 11.3 Å². The molecule has 2 heteroatoms. The fraction of sp³-hybridized carbons (Fsp3) is 0.909. The van der Waals surface area contributed by atoms with Gasteiger partial charge in [-0.2, -0.15) is 0 Å². The SMILES string of the molecule is CC(C)[C@H](C)OC(=O)CC(C)(C)C. The second kappa shape index (κ2) is 4.64. The molecule has 0 fully saturated rings. The van der Waals surface area contributed by atoms with Crippen molar-refractivity contribution >= 4 is 5.97 Å². The van der Waals surface area contributed by atoms with E-state index in [1.165, 1.54) is 0 Å². The minimum atomic E-state index is -0.0892. The molecule has 0 aliphatic heterocycles. The van der Waals surface area contributed by atoms with Crippen LogP contribution in [0, 0.1) is 11.3 Å². The summed E-state index contributed by atoms with van der Waals surface area (Å²) >= 11 is 0. The average molecular weight is 186 g/mol. The molecular formula is C11H22O2. The van der Waals surface area contributed by atoms with Gasteiger partial charge in [-0.1, -0.05) is 34.6 Å². The van der Waals surface area contributed by atoms with E-state index in [1.807, 2.05) is 27.7 Å². The Bertz CT molecular complexity index is 165. The van der Waals surface area contributed by atoms with Gasteiger partial charge in [0.2, 0.25) is 0 Å². The first-order chi connectivity index (χ1) is 5.72. The first-order valence-corrected chi connectivity index (χ1v) is 4.92. The van der Waals surface area contributed by atoms with Gasteiger partial charge >= 0.3 is 5.97 Å². The molecule has 0 aliphatic rings. The van der Waals surface area contributed by atoms with E-state index in [0.29, 0.717) is 12.3 Å². The molecule has 0 spiro atoms. The standard InChI is InChI=1S/C11H22O2/c1-8(2)9(3)13-10(12)7-11(4,5)6/h8-9H,7H2,1-6H3/t9-/m0/s1. The monoisotopic (exact) mass is 186 g/mol. The third-order valence-corrected chi connectivity index (χ3v) is 1.93. The van der Waals surface area contributed by atoms with Crippen LogP contribution in [0.2, 0.25) is 0 Å². The Morgan fingerprint density at radius 2 is 1.69 bits per heavy atom. The van der Waals surface area contributed by atoms with Gasteiger partial charge < -0.3 is 4.74 Å². The van der Waals surface area contributed by atoms with E-state index in [2.05, 4.69) is 13.8 Å². The maximum atomic E-state index is 11.4. The normalized spacial score (nSPS) is 14.4. The molecular weight excluding hydrogens is 164 g/mol. The topological polar surface area (TPSA) is 26.3 Å². The van der Waals surface area contributed by atoms with Crippen LogP contribution in [0.15, 0.2) is 0 Å². The number of carbonyl (C=O) groups excluding carboxylic acids is 1. The van der Waals surface area contributed by atoms with Crippen LogP contribution >= 0.6 is 0 Å². The minimum Gasteiger partial charge on any atom is -0.462 e. The highest BCUT2D eigenvalue weighted by Crippen LogP contribution is 2.20. The second-order valence-corrected chi connectivity index (χ2v) is 5.18. The second-order valence-electron chi connectivity index (χ2n) is 5.18. The van der Waals surface area contributed by atoms with Crippen molar-refractivity contribution in [1.82, 2.24) is 0 Å². The zero-order chi connectivity index (χ0) is 10.6. The quantitative estimate of drug-likeness (QED) is 0.633. The largest absolute Gasteiger partial charge is 0.462 e. The number of rotatable bonds is 3. The molecule has 0 N–H and O–H groups in total. The van der Waals surface area contributed by atoms with Crippen LogP contribution in [0.1, 0.15) is 48.0 Å². The molecule has 0 saturated heterocycles. The summed E-state index contributed by atoms with van der Waals surface area (Å²) in [5.74, 6) is 0.303. The lowest BCUT2D eigenvalue weighted by Crippen LogP contribution is -2.23. The van der Waals surface area contributed by atoms with Crippen LogP contribution in [-0.4, -0.2) is 12.1 Å². The predicted molar refractivity (Wildman–Crippen MR) is 54.5 cm³/mol. The van der Waals surface area contributed by atoms with Crippen LogP contribution < -0.4 is 0 Å². The summed E-state index contributed by atoms with van der Waals surface area (Å²) < 4.78 is 5.25. The molecule has 0 radical (unpaired) electrons. The number of hydrogen-bond donors (Lipinski definition) is 0. The molecule has 0 aliphatic carbocycles. The van der Waals surface area contributed by atoms with Crippen LogP contribution in [0.4, 0.5) is 0 Å². The predicted octanol–water partition coefficient (Wildman–Crippen LogP) is 3.01. The fourth-order valence-corrected chi connectivity index (χ4v) is 0.818. The summed E-state index contributed by atoms with van der Waals surface area (Å²) in [5.41, 5.74) is 0.0216. The Balaban J connectivity index is 3.89. The smallest absolute Gasteiger partial charge is 0.306 e. The number of esters is 1. The molecule has 0 rings (SSSR count). The Morgan fingerprint density at radius 1 is 1.23 bits per heavy atom. The van der Waals surface area contributed by atoms with Gasteiger partial charge in [0.15, 0.2) is 0 Å². The lowest BCUT2D eigenvalue weighted by atomic mass is 9.92. The number of carbonyl (C=O) groups is 1. The molecule has 0 aromatic heterocycles. The highest BCUT2D eigenvalue weighted by molar-refractivity contribution is 5.70. The van der Waals surface area contributed by atoms with Gasteiger partial charge in [0, 0.05) is 0 Å². The van der Waals surface area contributed by atoms with Gasteiger partial charge in [-0.25, -0.2) is 0 Å². The van der Waals surface area contributed by atoms with E-state index >= 15 is 0 Å². The summed E-state index contributed by atoms with van der Waals surface area (Å²) in [7, 11) is 0. The molecule has 1 atom stereocenters. The van der Waals surface area contributed by atoms with E-state index in [9.17, 15) is 4.79 Å². The van der Waals surface area contributed by atoms with Crippen molar-refractivity contribution in [3.8, 4) is 0 Å². The van der Waals surface area contributed by atoms with Crippen molar-refractivity contribution in [2.75, 3.05) is 0 Å². The van der Waals surface area contributed by atoms with Gasteiger partial charge in [0.25, 0.3) is 0 Å². The molecule has 13 heavy (non-hydrogen) atoms. The van der Waals surface area contributed by atoms with Crippen LogP contribution in [0.5, 0.6) is 0 Å². The van der Waals surface area contributed by atoms with Crippen molar-refractivity contribution < 1.29 is 9.53 Å². The Hall–Kier alpha value is -0.530. The molecule has 0 saturated carbocycles. The summed E-state index contributed by atoms with van der Waals surface area (Å²) in [6.45, 7) is 12.1. The maximum Gasteiger partial charge on any atom is 0.306 e. The van der Waals surface area contributed by atoms with Gasteiger partial charge in [-0.05, 0) is 18.3 Å². The van der Waals surface area contributed by atoms with Gasteiger partial charge in [0.1, 0.15) is 6.10 Å². The lowest BCUT2D eigenvalue weighted by molar-refractivity contribution is -0.152. The Kier molecular flexibility index (Phi) is 4.45. The van der Waals surface area contributed by atoms with Gasteiger partial charge in [-0.15, -0.1) is 0 Å². The zero-order valence-corrected chi connectivity index (χ0v) is 9.68. The Morgan fingerprint density at radius 3 is 2.00 bits per heavy atom. The van der Waals surface area contributed by atoms with Gasteiger partial charge in [0.05, 0.1) is 6.42 Å². The summed E-state index contributed by atoms with van der Waals surface area (Å²) in [6.07, 6.45) is 0.513. The van der Waals surface area contributed by atoms with Gasteiger partial charge in [-0.3, -0.25) is 4.79 Å². The number of ether oxygens (including phenoxy) is 1. The van der Waals surface area contributed by atoms with E-state index in [0.717, 1.165) is 0 Å². The molecule has 78 valence electrons. The molecule has 0 amide bonds. The van der Waals surface area contributed by atoms with Crippen molar-refractivity contribution in [1.29, 1.82) is 0 Å². The fourth-order valence-electron chi connectivity index (χ4n) is 0.818. The molecule has 0 heterocycles. The maximum absolute atomic E-state index is 11.4. The van der Waals surface area contributed by atoms with E-state index in [-0.39, 0.29) is 17.5 Å². The molecule has 2 nitrogen and oxygen atoms in total. The van der Waals surface area contributed by atoms with Crippen molar-refractivity contribution in [3.63, 3.8) is 0 Å². The first-order valence-electron chi connectivity index (χ1n) is 4.92. The van der Waals surface area contributed by atoms with Crippen LogP contribution in [-0.2, 0) is 9.53 Å². The van der Waals surface area contributed by atoms with Crippen molar-refractivity contribution in [3.05, 3.63) is 0 Å². The first kappa shape index (κ1) is 12.5. The van der Waals surface area contributed by atoms with Crippen LogP contribution in [0.3, 0.4) is 0 Å².